The molecule has 0 radical (unpaired) electrons. The van der Waals surface area contributed by atoms with Crippen LogP contribution in [-0.4, -0.2) is 18.2 Å². The zero-order chi connectivity index (χ0) is 17.8. The first-order valence-electron chi connectivity index (χ1n) is 8.10. The molecule has 0 amide bonds. The van der Waals surface area contributed by atoms with Gasteiger partial charge in [0.1, 0.15) is 36.4 Å². The van der Waals surface area contributed by atoms with E-state index in [0.717, 1.165) is 32.8 Å². The fraction of sp³-hybridized carbons (Fsp3) is 0.211. The molecule has 0 N–H and O–H groups in total. The van der Waals surface area contributed by atoms with Crippen LogP contribution < -0.4 is 14.2 Å². The van der Waals surface area contributed by atoms with Crippen molar-refractivity contribution in [2.24, 2.45) is 0 Å². The summed E-state index contributed by atoms with van der Waals surface area (Å²) in [6, 6.07) is 12.0. The molecular formula is C19H16FNO3S2. The van der Waals surface area contributed by atoms with Gasteiger partial charge in [0.2, 0.25) is 0 Å². The molecule has 3 aromatic rings. The monoisotopic (exact) mass is 389 g/mol. The normalized spacial score (nSPS) is 12.8. The van der Waals surface area contributed by atoms with Crippen molar-refractivity contribution >= 4 is 23.1 Å². The average Bonchev–Trinajstić information content (AvgIpc) is 3.14. The molecule has 0 bridgehead atoms. The highest BCUT2D eigenvalue weighted by molar-refractivity contribution is 7.98. The molecule has 4 nitrogen and oxygen atoms in total. The van der Waals surface area contributed by atoms with E-state index in [2.05, 4.69) is 4.98 Å². The lowest BCUT2D eigenvalue weighted by Gasteiger charge is -2.18. The molecule has 26 heavy (non-hydrogen) atoms. The van der Waals surface area contributed by atoms with Crippen molar-refractivity contribution < 1.29 is 18.6 Å². The lowest BCUT2D eigenvalue weighted by molar-refractivity contribution is 0.171. The number of rotatable bonds is 6. The summed E-state index contributed by atoms with van der Waals surface area (Å²) in [5.41, 5.74) is 1.01. The number of aromatic nitrogens is 1. The summed E-state index contributed by atoms with van der Waals surface area (Å²) in [6.45, 7) is 1.57. The van der Waals surface area contributed by atoms with Gasteiger partial charge in [-0.05, 0) is 42.5 Å². The van der Waals surface area contributed by atoms with E-state index in [-0.39, 0.29) is 5.82 Å². The standard InChI is InChI=1S/C19H16FNO3S2/c20-13-1-3-15(4-2-13)24-10-19-21-14(12-26-19)11-25-16-5-6-17-18(9-16)23-8-7-22-17/h1-6,9,12H,7-8,10-11H2. The molecule has 0 atom stereocenters. The molecule has 2 heterocycles. The van der Waals surface area contributed by atoms with Crippen molar-refractivity contribution in [2.75, 3.05) is 13.2 Å². The lowest BCUT2D eigenvalue weighted by atomic mass is 10.3. The van der Waals surface area contributed by atoms with Crippen molar-refractivity contribution in [3.05, 3.63) is 64.4 Å². The topological polar surface area (TPSA) is 40.6 Å². The Balaban J connectivity index is 1.31. The summed E-state index contributed by atoms with van der Waals surface area (Å²) in [7, 11) is 0. The number of ether oxygens (including phenoxy) is 3. The largest absolute Gasteiger partial charge is 0.486 e. The summed E-state index contributed by atoms with van der Waals surface area (Å²) in [5, 5.41) is 2.93. The van der Waals surface area contributed by atoms with Crippen LogP contribution in [0.4, 0.5) is 4.39 Å². The number of halogens is 1. The van der Waals surface area contributed by atoms with Crippen LogP contribution in [0.15, 0.2) is 52.7 Å². The summed E-state index contributed by atoms with van der Waals surface area (Å²) < 4.78 is 29.7. The predicted molar refractivity (Wildman–Crippen MR) is 99.8 cm³/mol. The van der Waals surface area contributed by atoms with Gasteiger partial charge in [-0.2, -0.15) is 0 Å². The number of thiazole rings is 1. The Hall–Kier alpha value is -2.25. The van der Waals surface area contributed by atoms with E-state index in [4.69, 9.17) is 14.2 Å². The summed E-state index contributed by atoms with van der Waals surface area (Å²) in [4.78, 5) is 5.71. The van der Waals surface area contributed by atoms with Crippen LogP contribution in [0.1, 0.15) is 10.7 Å². The number of fused-ring (bicyclic) bond motifs is 1. The third-order valence-corrected chi connectivity index (χ3v) is 5.57. The third kappa shape index (κ3) is 4.28. The van der Waals surface area contributed by atoms with Crippen LogP contribution in [-0.2, 0) is 12.4 Å². The molecule has 0 fully saturated rings. The van der Waals surface area contributed by atoms with Gasteiger partial charge in [-0.1, -0.05) is 0 Å². The molecular weight excluding hydrogens is 373 g/mol. The van der Waals surface area contributed by atoms with Crippen molar-refractivity contribution in [1.82, 2.24) is 4.98 Å². The number of nitrogens with zero attached hydrogens (tertiary/aromatic N) is 1. The second-order valence-electron chi connectivity index (χ2n) is 5.57. The van der Waals surface area contributed by atoms with Gasteiger partial charge in [-0.3, -0.25) is 0 Å². The summed E-state index contributed by atoms with van der Waals surface area (Å²) in [5.74, 6) is 2.73. The van der Waals surface area contributed by atoms with Crippen LogP contribution in [0.25, 0.3) is 0 Å². The Morgan fingerprint density at radius 3 is 2.73 bits per heavy atom. The van der Waals surface area contributed by atoms with E-state index in [1.807, 2.05) is 23.6 Å². The number of hydrogen-bond donors (Lipinski definition) is 0. The van der Waals surface area contributed by atoms with E-state index in [9.17, 15) is 4.39 Å². The highest BCUT2D eigenvalue weighted by Crippen LogP contribution is 2.35. The van der Waals surface area contributed by atoms with E-state index in [0.29, 0.717) is 25.6 Å². The predicted octanol–water partition coefficient (Wildman–Crippen LogP) is 4.92. The Morgan fingerprint density at radius 1 is 1.08 bits per heavy atom. The van der Waals surface area contributed by atoms with E-state index >= 15 is 0 Å². The number of benzene rings is 2. The Bertz CT molecular complexity index is 883. The molecule has 7 heteroatoms. The molecule has 1 aliphatic rings. The van der Waals surface area contributed by atoms with E-state index in [1.54, 1.807) is 35.2 Å². The molecule has 4 rings (SSSR count). The second-order valence-corrected chi connectivity index (χ2v) is 7.56. The lowest BCUT2D eigenvalue weighted by Crippen LogP contribution is -2.15. The fourth-order valence-electron chi connectivity index (χ4n) is 2.43. The van der Waals surface area contributed by atoms with Crippen LogP contribution in [0.3, 0.4) is 0 Å². The molecule has 0 saturated heterocycles. The Labute approximate surface area is 158 Å². The maximum atomic E-state index is 12.9. The maximum Gasteiger partial charge on any atom is 0.162 e. The minimum Gasteiger partial charge on any atom is -0.486 e. The first kappa shape index (κ1) is 17.2. The highest BCUT2D eigenvalue weighted by Gasteiger charge is 2.12. The molecule has 0 saturated carbocycles. The first-order valence-corrected chi connectivity index (χ1v) is 9.97. The van der Waals surface area contributed by atoms with Crippen molar-refractivity contribution in [3.8, 4) is 17.2 Å². The van der Waals surface area contributed by atoms with Gasteiger partial charge in [0.15, 0.2) is 11.5 Å². The smallest absolute Gasteiger partial charge is 0.162 e. The summed E-state index contributed by atoms with van der Waals surface area (Å²) in [6.07, 6.45) is 0. The van der Waals surface area contributed by atoms with E-state index < -0.39 is 0 Å². The van der Waals surface area contributed by atoms with E-state index in [1.165, 1.54) is 12.1 Å². The quantitative estimate of drug-likeness (QED) is 0.560. The average molecular weight is 389 g/mol. The zero-order valence-electron chi connectivity index (χ0n) is 13.8. The fourth-order valence-corrected chi connectivity index (χ4v) is 4.06. The molecule has 134 valence electrons. The van der Waals surface area contributed by atoms with Crippen molar-refractivity contribution in [1.29, 1.82) is 0 Å². The summed E-state index contributed by atoms with van der Waals surface area (Å²) >= 11 is 3.26. The van der Waals surface area contributed by atoms with Gasteiger partial charge in [0.25, 0.3) is 0 Å². The Kier molecular flexibility index (Phi) is 5.26. The molecule has 0 unspecified atom stereocenters. The molecule has 0 spiro atoms. The van der Waals surface area contributed by atoms with Gasteiger partial charge in [0.05, 0.1) is 5.69 Å². The minimum atomic E-state index is -0.273. The van der Waals surface area contributed by atoms with Crippen LogP contribution in [0, 0.1) is 5.82 Å². The molecule has 1 aromatic heterocycles. The Morgan fingerprint density at radius 2 is 1.88 bits per heavy atom. The zero-order valence-corrected chi connectivity index (χ0v) is 15.4. The number of hydrogen-bond acceptors (Lipinski definition) is 6. The van der Waals surface area contributed by atoms with Gasteiger partial charge in [0, 0.05) is 16.0 Å². The van der Waals surface area contributed by atoms with Crippen molar-refractivity contribution in [2.45, 2.75) is 17.3 Å². The molecule has 0 aliphatic carbocycles. The third-order valence-electron chi connectivity index (χ3n) is 3.68. The van der Waals surface area contributed by atoms with Crippen LogP contribution in [0.2, 0.25) is 0 Å². The molecule has 1 aliphatic heterocycles. The second kappa shape index (κ2) is 7.97. The van der Waals surface area contributed by atoms with Crippen LogP contribution in [0.5, 0.6) is 17.2 Å². The van der Waals surface area contributed by atoms with Gasteiger partial charge >= 0.3 is 0 Å². The van der Waals surface area contributed by atoms with Gasteiger partial charge in [-0.25, -0.2) is 9.37 Å². The highest BCUT2D eigenvalue weighted by atomic mass is 32.2. The molecule has 2 aromatic carbocycles. The minimum absolute atomic E-state index is 0.273. The first-order chi connectivity index (χ1) is 12.8. The SMILES string of the molecule is Fc1ccc(OCc2nc(CSc3ccc4c(c3)OCCO4)cs2)cc1. The van der Waals surface area contributed by atoms with Crippen molar-refractivity contribution in [3.63, 3.8) is 0 Å². The van der Waals surface area contributed by atoms with Gasteiger partial charge in [-0.15, -0.1) is 23.1 Å². The number of thioether (sulfide) groups is 1. The van der Waals surface area contributed by atoms with Crippen LogP contribution >= 0.6 is 23.1 Å². The maximum absolute atomic E-state index is 12.9. The van der Waals surface area contributed by atoms with Gasteiger partial charge < -0.3 is 14.2 Å².